The minimum atomic E-state index is -0.577. The zero-order valence-corrected chi connectivity index (χ0v) is 17.6. The molecular weight excluding hydrogens is 454 g/mol. The van der Waals surface area contributed by atoms with Gasteiger partial charge in [-0.05, 0) is 34.2 Å². The summed E-state index contributed by atoms with van der Waals surface area (Å²) in [6, 6.07) is 15.9. The van der Waals surface area contributed by atoms with E-state index in [1.807, 2.05) is 12.1 Å². The van der Waals surface area contributed by atoms with Gasteiger partial charge in [-0.25, -0.2) is 19.1 Å². The van der Waals surface area contributed by atoms with E-state index < -0.39 is 11.3 Å². The molecule has 6 rings (SSSR count). The lowest BCUT2D eigenvalue weighted by molar-refractivity contribution is -0.660. The lowest BCUT2D eigenvalue weighted by Gasteiger charge is -1.98. The van der Waals surface area contributed by atoms with E-state index in [9.17, 15) is 9.59 Å². The van der Waals surface area contributed by atoms with Crippen molar-refractivity contribution in [1.82, 2.24) is 19.9 Å². The van der Waals surface area contributed by atoms with Crippen LogP contribution in [0.15, 0.2) is 79.3 Å². The van der Waals surface area contributed by atoms with Gasteiger partial charge in [-0.15, -0.1) is 5.10 Å². The van der Waals surface area contributed by atoms with E-state index in [1.54, 1.807) is 48.7 Å². The number of halogens is 1. The molecular formula is C21H11ClN5O4S+. The summed E-state index contributed by atoms with van der Waals surface area (Å²) >= 11 is 7.14. The number of aromatic nitrogens is 5. The van der Waals surface area contributed by atoms with Crippen LogP contribution >= 0.6 is 22.9 Å². The Bertz CT molecular complexity index is 1710. The summed E-state index contributed by atoms with van der Waals surface area (Å²) in [5, 5.41) is 8.81. The number of rotatable bonds is 3. The van der Waals surface area contributed by atoms with Gasteiger partial charge >= 0.3 is 16.9 Å². The predicted octanol–water partition coefficient (Wildman–Crippen LogP) is 3.44. The number of imidazole rings is 1. The number of nitrogens with one attached hydrogen (secondary N) is 1. The van der Waals surface area contributed by atoms with Gasteiger partial charge < -0.3 is 4.42 Å². The highest BCUT2D eigenvalue weighted by atomic mass is 35.5. The molecule has 9 nitrogen and oxygen atoms in total. The van der Waals surface area contributed by atoms with Crippen molar-refractivity contribution < 1.29 is 13.6 Å². The second kappa shape index (κ2) is 7.01. The fourth-order valence-corrected chi connectivity index (χ4v) is 4.42. The van der Waals surface area contributed by atoms with Gasteiger partial charge in [0.1, 0.15) is 5.58 Å². The molecule has 2 aromatic carbocycles. The molecule has 156 valence electrons. The van der Waals surface area contributed by atoms with Crippen molar-refractivity contribution in [3.8, 4) is 27.6 Å². The van der Waals surface area contributed by atoms with Crippen molar-refractivity contribution in [1.29, 1.82) is 0 Å². The molecule has 4 heterocycles. The van der Waals surface area contributed by atoms with Crippen LogP contribution in [0, 0.1) is 0 Å². The fraction of sp³-hybridized carbons (Fsp3) is 0. The predicted molar refractivity (Wildman–Crippen MR) is 117 cm³/mol. The Morgan fingerprint density at radius 1 is 1.06 bits per heavy atom. The monoisotopic (exact) mass is 464 g/mol. The minimum absolute atomic E-state index is 0.217. The average Bonchev–Trinajstić information content (AvgIpc) is 3.46. The molecule has 0 radical (unpaired) electrons. The van der Waals surface area contributed by atoms with Crippen LogP contribution in [0.1, 0.15) is 0 Å². The normalized spacial score (nSPS) is 11.5. The molecule has 4 aromatic heterocycles. The van der Waals surface area contributed by atoms with Crippen LogP contribution in [0.3, 0.4) is 0 Å². The number of aromatic amines is 1. The number of hydrogen-bond donors (Lipinski definition) is 1. The first-order chi connectivity index (χ1) is 15.6. The van der Waals surface area contributed by atoms with E-state index in [1.165, 1.54) is 20.5 Å². The third kappa shape index (κ3) is 2.96. The van der Waals surface area contributed by atoms with Gasteiger partial charge in [0.05, 0.1) is 17.5 Å². The maximum absolute atomic E-state index is 12.5. The SMILES string of the molecule is O=c1oc2ccccc2cc1-c1cn2nc(-c3c(=O)o[nH][n+]3-c3ccc(Cl)cc3)sc2n1. The average molecular weight is 465 g/mol. The van der Waals surface area contributed by atoms with Crippen molar-refractivity contribution in [3.63, 3.8) is 0 Å². The van der Waals surface area contributed by atoms with Gasteiger partial charge in [0.25, 0.3) is 0 Å². The van der Waals surface area contributed by atoms with Gasteiger partial charge in [-0.1, -0.05) is 41.1 Å². The molecule has 11 heteroatoms. The minimum Gasteiger partial charge on any atom is -0.422 e. The number of para-hydroxylation sites is 1. The summed E-state index contributed by atoms with van der Waals surface area (Å²) < 4.78 is 13.4. The Morgan fingerprint density at radius 2 is 1.88 bits per heavy atom. The molecule has 0 bridgehead atoms. The van der Waals surface area contributed by atoms with Gasteiger partial charge in [0.2, 0.25) is 15.7 Å². The zero-order valence-electron chi connectivity index (χ0n) is 16.0. The summed E-state index contributed by atoms with van der Waals surface area (Å²) in [6.45, 7) is 0. The molecule has 0 aliphatic carbocycles. The van der Waals surface area contributed by atoms with Crippen LogP contribution in [0.25, 0.3) is 43.6 Å². The third-order valence-corrected chi connectivity index (χ3v) is 6.08. The zero-order chi connectivity index (χ0) is 21.8. The Hall–Kier alpha value is -4.02. The van der Waals surface area contributed by atoms with E-state index in [2.05, 4.69) is 15.4 Å². The Morgan fingerprint density at radius 3 is 2.69 bits per heavy atom. The quantitative estimate of drug-likeness (QED) is 0.317. The van der Waals surface area contributed by atoms with Crippen molar-refractivity contribution in [2.24, 2.45) is 0 Å². The molecule has 0 saturated heterocycles. The second-order valence-electron chi connectivity index (χ2n) is 6.89. The van der Waals surface area contributed by atoms with Crippen molar-refractivity contribution in [3.05, 3.63) is 86.7 Å². The van der Waals surface area contributed by atoms with Crippen LogP contribution < -0.4 is 15.9 Å². The largest absolute Gasteiger partial charge is 0.438 e. The van der Waals surface area contributed by atoms with Crippen LogP contribution in [0.4, 0.5) is 0 Å². The first-order valence-electron chi connectivity index (χ1n) is 9.36. The number of benzene rings is 2. The maximum Gasteiger partial charge on any atom is 0.438 e. The van der Waals surface area contributed by atoms with Crippen LogP contribution in [0.5, 0.6) is 0 Å². The smallest absolute Gasteiger partial charge is 0.422 e. The van der Waals surface area contributed by atoms with E-state index in [0.29, 0.717) is 37.5 Å². The summed E-state index contributed by atoms with van der Waals surface area (Å²) in [6.07, 6.45) is 1.62. The first kappa shape index (κ1) is 18.7. The van der Waals surface area contributed by atoms with Gasteiger partial charge in [0, 0.05) is 22.5 Å². The molecule has 0 atom stereocenters. The van der Waals surface area contributed by atoms with Gasteiger partial charge in [0.15, 0.2) is 0 Å². The standard InChI is InChI=1S/C21H10ClN5O4S/c22-12-5-7-13(8-6-12)27-17(20(29)31-25-27)18-24-26-10-15(23-21(26)32-18)14-9-11-3-1-2-4-16(11)30-19(14)28/h1-10H/p+1. The van der Waals surface area contributed by atoms with Crippen molar-refractivity contribution >= 4 is 38.9 Å². The van der Waals surface area contributed by atoms with E-state index in [0.717, 1.165) is 5.39 Å². The topological polar surface area (TPSA) is 110 Å². The Balaban J connectivity index is 1.45. The number of H-pyrrole nitrogens is 1. The van der Waals surface area contributed by atoms with E-state index in [4.69, 9.17) is 20.5 Å². The van der Waals surface area contributed by atoms with Gasteiger partial charge in [-0.2, -0.15) is 0 Å². The molecule has 0 aliphatic rings. The molecule has 6 aromatic rings. The van der Waals surface area contributed by atoms with Crippen molar-refractivity contribution in [2.45, 2.75) is 0 Å². The number of nitrogens with zero attached hydrogens (tertiary/aromatic N) is 4. The number of hydrogen-bond acceptors (Lipinski definition) is 7. The summed E-state index contributed by atoms with van der Waals surface area (Å²) in [4.78, 5) is 29.8. The molecule has 0 saturated carbocycles. The van der Waals surface area contributed by atoms with Crippen LogP contribution in [-0.2, 0) is 0 Å². The summed E-state index contributed by atoms with van der Waals surface area (Å²) in [5.41, 5.74) is 1.08. The van der Waals surface area contributed by atoms with Crippen molar-refractivity contribution in [2.75, 3.05) is 0 Å². The first-order valence-corrected chi connectivity index (χ1v) is 10.6. The highest BCUT2D eigenvalue weighted by Gasteiger charge is 2.29. The third-order valence-electron chi connectivity index (χ3n) is 4.89. The molecule has 0 fully saturated rings. The van der Waals surface area contributed by atoms with Crippen LogP contribution in [-0.4, -0.2) is 19.9 Å². The molecule has 0 unspecified atom stereocenters. The number of fused-ring (bicyclic) bond motifs is 2. The molecule has 0 aliphatic heterocycles. The summed E-state index contributed by atoms with van der Waals surface area (Å²) in [5.74, 6) is 0. The maximum atomic E-state index is 12.5. The fourth-order valence-electron chi connectivity index (χ4n) is 3.39. The Labute approximate surface area is 186 Å². The van der Waals surface area contributed by atoms with E-state index >= 15 is 0 Å². The second-order valence-corrected chi connectivity index (χ2v) is 8.28. The van der Waals surface area contributed by atoms with Crippen LogP contribution in [0.2, 0.25) is 5.02 Å². The lowest BCUT2D eigenvalue weighted by Crippen LogP contribution is -2.36. The highest BCUT2D eigenvalue weighted by molar-refractivity contribution is 7.19. The molecule has 0 spiro atoms. The molecule has 1 N–H and O–H groups in total. The van der Waals surface area contributed by atoms with Gasteiger partial charge in [-0.3, -0.25) is 4.52 Å². The molecule has 32 heavy (non-hydrogen) atoms. The molecule has 0 amide bonds. The highest BCUT2D eigenvalue weighted by Crippen LogP contribution is 2.26. The lowest BCUT2D eigenvalue weighted by atomic mass is 10.1. The van der Waals surface area contributed by atoms with E-state index in [-0.39, 0.29) is 5.69 Å². The Kier molecular flexibility index (Phi) is 4.10. The summed E-state index contributed by atoms with van der Waals surface area (Å²) in [7, 11) is 0.